The first-order valence-electron chi connectivity index (χ1n) is 8.27. The van der Waals surface area contributed by atoms with Crippen LogP contribution in [0.5, 0.6) is 11.5 Å². The largest absolute Gasteiger partial charge is 0.461 e. The Balaban J connectivity index is 1.51. The second kappa shape index (κ2) is 6.34. The molecule has 4 nitrogen and oxygen atoms in total. The second-order valence-corrected chi connectivity index (χ2v) is 7.21. The number of fused-ring (bicyclic) bond motifs is 1. The third kappa shape index (κ3) is 3.32. The lowest BCUT2D eigenvalue weighted by Gasteiger charge is -2.03. The Morgan fingerprint density at radius 1 is 1.29 bits per heavy atom. The van der Waals surface area contributed by atoms with Crippen molar-refractivity contribution in [2.24, 2.45) is 17.3 Å². The quantitative estimate of drug-likeness (QED) is 0.600. The van der Waals surface area contributed by atoms with E-state index < -0.39 is 0 Å². The van der Waals surface area contributed by atoms with Gasteiger partial charge in [0.25, 0.3) is 0 Å². The summed E-state index contributed by atoms with van der Waals surface area (Å²) in [6.07, 6.45) is 5.94. The summed E-state index contributed by atoms with van der Waals surface area (Å²) in [5, 5.41) is 0. The molecule has 4 heteroatoms. The van der Waals surface area contributed by atoms with Crippen LogP contribution in [0.1, 0.15) is 33.3 Å². The highest BCUT2D eigenvalue weighted by molar-refractivity contribution is 5.78. The highest BCUT2D eigenvalue weighted by atomic mass is 16.7. The van der Waals surface area contributed by atoms with E-state index in [9.17, 15) is 4.79 Å². The molecule has 0 radical (unpaired) electrons. The van der Waals surface area contributed by atoms with Crippen molar-refractivity contribution in [3.8, 4) is 11.5 Å². The highest BCUT2D eigenvalue weighted by Gasteiger charge is 2.61. The van der Waals surface area contributed by atoms with Crippen molar-refractivity contribution in [3.05, 3.63) is 41.5 Å². The van der Waals surface area contributed by atoms with Crippen LogP contribution in [-0.4, -0.2) is 19.4 Å². The Bertz CT molecular complexity index is 696. The summed E-state index contributed by atoms with van der Waals surface area (Å²) in [4.78, 5) is 12.3. The van der Waals surface area contributed by atoms with Crippen molar-refractivity contribution >= 4 is 12.0 Å². The number of esters is 1. The SMILES string of the molecule is CC(C)=C[C@@H]1[C@H](C(=O)OC/C=C/c2ccc3c(c2)OCO3)C1(C)C. The second-order valence-electron chi connectivity index (χ2n) is 7.21. The summed E-state index contributed by atoms with van der Waals surface area (Å²) in [5.41, 5.74) is 2.23. The third-order valence-corrected chi connectivity index (χ3v) is 4.71. The molecule has 0 spiro atoms. The fourth-order valence-corrected chi connectivity index (χ4v) is 3.22. The molecular weight excluding hydrogens is 304 g/mol. The minimum atomic E-state index is -0.113. The molecule has 1 aromatic carbocycles. The van der Waals surface area contributed by atoms with Gasteiger partial charge < -0.3 is 14.2 Å². The maximum absolute atomic E-state index is 12.3. The minimum absolute atomic E-state index is 0.00457. The average molecular weight is 328 g/mol. The molecule has 1 fully saturated rings. The molecule has 2 aliphatic rings. The first-order valence-corrected chi connectivity index (χ1v) is 8.27. The van der Waals surface area contributed by atoms with Gasteiger partial charge in [-0.15, -0.1) is 0 Å². The van der Waals surface area contributed by atoms with Crippen LogP contribution in [0.15, 0.2) is 35.9 Å². The van der Waals surface area contributed by atoms with Crippen LogP contribution < -0.4 is 9.47 Å². The van der Waals surface area contributed by atoms with Crippen molar-refractivity contribution in [1.82, 2.24) is 0 Å². The van der Waals surface area contributed by atoms with Crippen LogP contribution in [0.3, 0.4) is 0 Å². The van der Waals surface area contributed by atoms with Gasteiger partial charge in [0.05, 0.1) is 5.92 Å². The third-order valence-electron chi connectivity index (χ3n) is 4.71. The van der Waals surface area contributed by atoms with Crippen molar-refractivity contribution in [3.63, 3.8) is 0 Å². The Kier molecular flexibility index (Phi) is 4.39. The first kappa shape index (κ1) is 16.6. The smallest absolute Gasteiger partial charge is 0.310 e. The van der Waals surface area contributed by atoms with E-state index in [2.05, 4.69) is 33.8 Å². The minimum Gasteiger partial charge on any atom is -0.461 e. The number of hydrogen-bond acceptors (Lipinski definition) is 4. The van der Waals surface area contributed by atoms with E-state index in [0.29, 0.717) is 0 Å². The van der Waals surface area contributed by atoms with Crippen LogP contribution in [0.25, 0.3) is 6.08 Å². The fourth-order valence-electron chi connectivity index (χ4n) is 3.22. The summed E-state index contributed by atoms with van der Waals surface area (Å²) in [7, 11) is 0. The monoisotopic (exact) mass is 328 g/mol. The fraction of sp³-hybridized carbons (Fsp3) is 0.450. The zero-order valence-electron chi connectivity index (χ0n) is 14.7. The summed E-state index contributed by atoms with van der Waals surface area (Å²) < 4.78 is 16.0. The number of rotatable bonds is 5. The predicted molar refractivity (Wildman–Crippen MR) is 92.8 cm³/mol. The normalized spacial score (nSPS) is 23.2. The van der Waals surface area contributed by atoms with E-state index in [0.717, 1.165) is 17.1 Å². The summed E-state index contributed by atoms with van der Waals surface area (Å²) in [5.74, 6) is 1.65. The number of carbonyl (C=O) groups excluding carboxylic acids is 1. The van der Waals surface area contributed by atoms with E-state index in [1.165, 1.54) is 5.57 Å². The van der Waals surface area contributed by atoms with Crippen molar-refractivity contribution in [1.29, 1.82) is 0 Å². The molecular formula is C20H24O4. The van der Waals surface area contributed by atoms with Gasteiger partial charge in [-0.3, -0.25) is 4.79 Å². The maximum Gasteiger partial charge on any atom is 0.310 e. The molecule has 1 aromatic rings. The van der Waals surface area contributed by atoms with Crippen molar-refractivity contribution in [2.45, 2.75) is 27.7 Å². The van der Waals surface area contributed by atoms with Gasteiger partial charge in [0.15, 0.2) is 11.5 Å². The van der Waals surface area contributed by atoms with Gasteiger partial charge in [0.2, 0.25) is 6.79 Å². The number of allylic oxidation sites excluding steroid dienone is 2. The van der Waals surface area contributed by atoms with Gasteiger partial charge in [-0.1, -0.05) is 37.6 Å². The van der Waals surface area contributed by atoms with Crippen LogP contribution in [0, 0.1) is 17.3 Å². The maximum atomic E-state index is 12.3. The number of carbonyl (C=O) groups is 1. The number of benzene rings is 1. The molecule has 0 amide bonds. The lowest BCUT2D eigenvalue weighted by Crippen LogP contribution is -2.10. The summed E-state index contributed by atoms with van der Waals surface area (Å²) in [6, 6.07) is 5.74. The molecule has 1 aliphatic carbocycles. The molecule has 128 valence electrons. The number of hydrogen-bond donors (Lipinski definition) is 0. The Morgan fingerprint density at radius 2 is 2.04 bits per heavy atom. The zero-order chi connectivity index (χ0) is 17.3. The molecule has 2 atom stereocenters. The van der Waals surface area contributed by atoms with Gasteiger partial charge >= 0.3 is 5.97 Å². The molecule has 3 rings (SSSR count). The molecule has 1 saturated carbocycles. The first-order chi connectivity index (χ1) is 11.4. The molecule has 1 heterocycles. The Morgan fingerprint density at radius 3 is 2.79 bits per heavy atom. The van der Waals surface area contributed by atoms with Crippen molar-refractivity contribution < 1.29 is 19.0 Å². The topological polar surface area (TPSA) is 44.8 Å². The van der Waals surface area contributed by atoms with Crippen LogP contribution in [-0.2, 0) is 9.53 Å². The number of ether oxygens (including phenoxy) is 3. The lowest BCUT2D eigenvalue weighted by molar-refractivity contribution is -0.144. The van der Waals surface area contributed by atoms with Crippen LogP contribution in [0.4, 0.5) is 0 Å². The molecule has 0 bridgehead atoms. The van der Waals surface area contributed by atoms with Gasteiger partial charge in [-0.25, -0.2) is 0 Å². The molecule has 0 saturated heterocycles. The van der Waals surface area contributed by atoms with Crippen LogP contribution in [0.2, 0.25) is 0 Å². The predicted octanol–water partition coefficient (Wildman–Crippen LogP) is 4.21. The lowest BCUT2D eigenvalue weighted by atomic mass is 10.1. The van der Waals surface area contributed by atoms with Gasteiger partial charge in [-0.2, -0.15) is 0 Å². The standard InChI is InChI=1S/C20H24O4/c1-13(2)10-15-18(20(15,3)4)19(21)22-9-5-6-14-7-8-16-17(11-14)24-12-23-16/h5-8,10-11,15,18H,9,12H2,1-4H3/b6-5+/t15-,18-/m1/s1. The van der Waals surface area contributed by atoms with E-state index in [-0.39, 0.29) is 36.6 Å². The molecule has 1 aliphatic heterocycles. The van der Waals surface area contributed by atoms with E-state index in [1.54, 1.807) is 0 Å². The Labute approximate surface area is 143 Å². The molecule has 0 N–H and O–H groups in total. The van der Waals surface area contributed by atoms with E-state index >= 15 is 0 Å². The van der Waals surface area contributed by atoms with E-state index in [1.807, 2.05) is 30.4 Å². The highest BCUT2D eigenvalue weighted by Crippen LogP contribution is 2.59. The average Bonchev–Trinajstić information content (AvgIpc) is 2.87. The van der Waals surface area contributed by atoms with Gasteiger partial charge in [0, 0.05) is 0 Å². The Hall–Kier alpha value is -2.23. The van der Waals surface area contributed by atoms with Crippen molar-refractivity contribution in [2.75, 3.05) is 13.4 Å². The molecule has 0 aromatic heterocycles. The van der Waals surface area contributed by atoms with Gasteiger partial charge in [0.1, 0.15) is 6.61 Å². The van der Waals surface area contributed by atoms with E-state index in [4.69, 9.17) is 14.2 Å². The van der Waals surface area contributed by atoms with Gasteiger partial charge in [-0.05, 0) is 49.0 Å². The zero-order valence-corrected chi connectivity index (χ0v) is 14.7. The summed E-state index contributed by atoms with van der Waals surface area (Å²) in [6.45, 7) is 8.90. The molecule has 0 unspecified atom stereocenters. The van der Waals surface area contributed by atoms with Crippen LogP contribution >= 0.6 is 0 Å². The summed E-state index contributed by atoms with van der Waals surface area (Å²) >= 11 is 0. The molecule has 24 heavy (non-hydrogen) atoms.